The molecule has 3 unspecified atom stereocenters. The maximum atomic E-state index is 10.6. The lowest BCUT2D eigenvalue weighted by Gasteiger charge is -2.38. The fraction of sp³-hybridized carbons (Fsp3) is 0.733. The first-order valence-electron chi connectivity index (χ1n) is 7.27. The van der Waals surface area contributed by atoms with Crippen LogP contribution in [0.3, 0.4) is 0 Å². The van der Waals surface area contributed by atoms with Gasteiger partial charge in [-0.25, -0.2) is 0 Å². The van der Waals surface area contributed by atoms with Crippen molar-refractivity contribution in [2.24, 2.45) is 11.3 Å². The van der Waals surface area contributed by atoms with Crippen LogP contribution in [0.25, 0.3) is 0 Å². The molecule has 0 bridgehead atoms. The molecule has 1 N–H and O–H groups in total. The lowest BCUT2D eigenvalue weighted by molar-refractivity contribution is 0.0185. The van der Waals surface area contributed by atoms with Crippen LogP contribution in [0.15, 0.2) is 12.4 Å². The van der Waals surface area contributed by atoms with Gasteiger partial charge in [-0.15, -0.1) is 0 Å². The summed E-state index contributed by atoms with van der Waals surface area (Å²) >= 11 is 0. The molecule has 0 saturated heterocycles. The number of nitrogens with zero attached hydrogens (tertiary/aromatic N) is 3. The molecular weight excluding hydrogens is 238 g/mol. The van der Waals surface area contributed by atoms with E-state index in [0.29, 0.717) is 5.92 Å². The molecular formula is C15H23N3O. The summed E-state index contributed by atoms with van der Waals surface area (Å²) in [5, 5.41) is 24.5. The van der Waals surface area contributed by atoms with E-state index in [0.717, 1.165) is 37.8 Å². The average Bonchev–Trinajstić information content (AvgIpc) is 2.95. The van der Waals surface area contributed by atoms with Gasteiger partial charge in [-0.05, 0) is 25.7 Å². The van der Waals surface area contributed by atoms with Crippen LogP contribution in [0.2, 0.25) is 0 Å². The zero-order valence-corrected chi connectivity index (χ0v) is 11.8. The number of aliphatic hydroxyl groups is 1. The van der Waals surface area contributed by atoms with Crippen LogP contribution in [0, 0.1) is 22.7 Å². The standard InChI is InChI=1S/C15H23N3O/c1-3-12-6-5-7-15(8-12,11-16)14(19)13-9-17-18(4-2)10-13/h9-10,12,14,19H,3-8H2,1-2H3. The van der Waals surface area contributed by atoms with Crippen molar-refractivity contribution in [1.82, 2.24) is 9.78 Å². The predicted molar refractivity (Wildman–Crippen MR) is 73.2 cm³/mol. The van der Waals surface area contributed by atoms with Gasteiger partial charge in [0.05, 0.1) is 17.7 Å². The van der Waals surface area contributed by atoms with Crippen molar-refractivity contribution in [3.63, 3.8) is 0 Å². The van der Waals surface area contributed by atoms with Gasteiger partial charge in [0.1, 0.15) is 6.10 Å². The van der Waals surface area contributed by atoms with E-state index in [-0.39, 0.29) is 0 Å². The minimum Gasteiger partial charge on any atom is -0.387 e. The maximum absolute atomic E-state index is 10.6. The summed E-state index contributed by atoms with van der Waals surface area (Å²) in [4.78, 5) is 0. The highest BCUT2D eigenvalue weighted by atomic mass is 16.3. The zero-order chi connectivity index (χ0) is 13.9. The predicted octanol–water partition coefficient (Wildman–Crippen LogP) is 3.05. The minimum absolute atomic E-state index is 0.560. The Morgan fingerprint density at radius 3 is 3.00 bits per heavy atom. The number of aliphatic hydroxyl groups excluding tert-OH is 1. The van der Waals surface area contributed by atoms with Gasteiger partial charge >= 0.3 is 0 Å². The van der Waals surface area contributed by atoms with E-state index >= 15 is 0 Å². The van der Waals surface area contributed by atoms with Gasteiger partial charge in [-0.2, -0.15) is 10.4 Å². The van der Waals surface area contributed by atoms with E-state index in [1.165, 1.54) is 6.42 Å². The Balaban J connectivity index is 2.22. The highest BCUT2D eigenvalue weighted by Crippen LogP contribution is 2.48. The molecule has 4 heteroatoms. The molecule has 0 spiro atoms. The number of hydrogen-bond acceptors (Lipinski definition) is 3. The molecule has 19 heavy (non-hydrogen) atoms. The van der Waals surface area contributed by atoms with Crippen LogP contribution in [-0.2, 0) is 6.54 Å². The van der Waals surface area contributed by atoms with Crippen molar-refractivity contribution in [3.05, 3.63) is 18.0 Å². The molecule has 0 aliphatic heterocycles. The van der Waals surface area contributed by atoms with Gasteiger partial charge < -0.3 is 5.11 Å². The van der Waals surface area contributed by atoms with Crippen molar-refractivity contribution >= 4 is 0 Å². The second kappa shape index (κ2) is 5.75. The number of aromatic nitrogens is 2. The van der Waals surface area contributed by atoms with Crippen LogP contribution in [-0.4, -0.2) is 14.9 Å². The van der Waals surface area contributed by atoms with Gasteiger partial charge in [-0.1, -0.05) is 26.2 Å². The first-order chi connectivity index (χ1) is 9.15. The summed E-state index contributed by atoms with van der Waals surface area (Å²) in [6.07, 6.45) is 7.74. The Kier molecular flexibility index (Phi) is 4.26. The van der Waals surface area contributed by atoms with Crippen LogP contribution in [0.1, 0.15) is 57.6 Å². The Morgan fingerprint density at radius 1 is 1.63 bits per heavy atom. The fourth-order valence-electron chi connectivity index (χ4n) is 3.20. The Hall–Kier alpha value is -1.34. The van der Waals surface area contributed by atoms with Gasteiger partial charge in [0.15, 0.2) is 0 Å². The molecule has 1 aliphatic carbocycles. The van der Waals surface area contributed by atoms with Crippen molar-refractivity contribution in [2.75, 3.05) is 0 Å². The van der Waals surface area contributed by atoms with E-state index in [2.05, 4.69) is 18.1 Å². The molecule has 1 aromatic rings. The average molecular weight is 261 g/mol. The Bertz CT molecular complexity index is 462. The van der Waals surface area contributed by atoms with Gasteiger partial charge in [0.25, 0.3) is 0 Å². The molecule has 1 aromatic heterocycles. The Labute approximate surface area is 115 Å². The largest absolute Gasteiger partial charge is 0.387 e. The SMILES string of the molecule is CCC1CCCC(C#N)(C(O)c2cnn(CC)c2)C1. The summed E-state index contributed by atoms with van der Waals surface area (Å²) in [7, 11) is 0. The van der Waals surface area contributed by atoms with E-state index in [9.17, 15) is 10.4 Å². The van der Waals surface area contributed by atoms with Gasteiger partial charge in [-0.3, -0.25) is 4.68 Å². The second-order valence-electron chi connectivity index (χ2n) is 5.67. The van der Waals surface area contributed by atoms with E-state index in [1.807, 2.05) is 13.1 Å². The molecule has 1 aliphatic rings. The molecule has 1 fully saturated rings. The maximum Gasteiger partial charge on any atom is 0.101 e. The summed E-state index contributed by atoms with van der Waals surface area (Å²) in [5.41, 5.74) is 0.153. The third-order valence-electron chi connectivity index (χ3n) is 4.50. The molecule has 2 rings (SSSR count). The number of nitriles is 1. The summed E-state index contributed by atoms with van der Waals surface area (Å²) in [6.45, 7) is 4.96. The third kappa shape index (κ3) is 2.66. The first kappa shape index (κ1) is 14.1. The fourth-order valence-corrected chi connectivity index (χ4v) is 3.20. The van der Waals surface area contributed by atoms with Gasteiger partial charge in [0, 0.05) is 18.3 Å². The van der Waals surface area contributed by atoms with Crippen molar-refractivity contribution < 1.29 is 5.11 Å². The third-order valence-corrected chi connectivity index (χ3v) is 4.50. The quantitative estimate of drug-likeness (QED) is 0.906. The Morgan fingerprint density at radius 2 is 2.42 bits per heavy atom. The molecule has 1 saturated carbocycles. The van der Waals surface area contributed by atoms with Crippen molar-refractivity contribution in [3.8, 4) is 6.07 Å². The summed E-state index contributed by atoms with van der Waals surface area (Å²) in [5.74, 6) is 0.560. The van der Waals surface area contributed by atoms with Crippen molar-refractivity contribution in [1.29, 1.82) is 5.26 Å². The minimum atomic E-state index is -0.716. The van der Waals surface area contributed by atoms with E-state index in [4.69, 9.17) is 0 Å². The highest BCUT2D eigenvalue weighted by molar-refractivity contribution is 5.18. The monoisotopic (exact) mass is 261 g/mol. The summed E-state index contributed by atoms with van der Waals surface area (Å²) in [6, 6.07) is 2.42. The molecule has 0 radical (unpaired) electrons. The van der Waals surface area contributed by atoms with Crippen LogP contribution in [0.5, 0.6) is 0 Å². The zero-order valence-electron chi connectivity index (χ0n) is 11.8. The highest BCUT2D eigenvalue weighted by Gasteiger charge is 2.43. The molecule has 3 atom stereocenters. The van der Waals surface area contributed by atoms with Crippen LogP contribution in [0.4, 0.5) is 0 Å². The number of aryl methyl sites for hydroxylation is 1. The first-order valence-corrected chi connectivity index (χ1v) is 7.27. The summed E-state index contributed by atoms with van der Waals surface area (Å²) < 4.78 is 1.80. The van der Waals surface area contributed by atoms with E-state index < -0.39 is 11.5 Å². The smallest absolute Gasteiger partial charge is 0.101 e. The van der Waals surface area contributed by atoms with E-state index in [1.54, 1.807) is 10.9 Å². The number of rotatable bonds is 4. The molecule has 0 amide bonds. The molecule has 0 aromatic carbocycles. The lowest BCUT2D eigenvalue weighted by Crippen LogP contribution is -2.33. The van der Waals surface area contributed by atoms with Crippen LogP contribution < -0.4 is 0 Å². The molecule has 1 heterocycles. The number of hydrogen-bond donors (Lipinski definition) is 1. The second-order valence-corrected chi connectivity index (χ2v) is 5.67. The van der Waals surface area contributed by atoms with Crippen LogP contribution >= 0.6 is 0 Å². The van der Waals surface area contributed by atoms with Gasteiger partial charge in [0.2, 0.25) is 0 Å². The van der Waals surface area contributed by atoms with Crippen molar-refractivity contribution in [2.45, 2.75) is 58.6 Å². The normalized spacial score (nSPS) is 28.8. The topological polar surface area (TPSA) is 61.8 Å². The molecule has 104 valence electrons. The molecule has 4 nitrogen and oxygen atoms in total. The lowest BCUT2D eigenvalue weighted by atomic mass is 9.65.